The Morgan fingerprint density at radius 1 is 1.37 bits per heavy atom. The van der Waals surface area contributed by atoms with E-state index in [0.717, 1.165) is 44.7 Å². The van der Waals surface area contributed by atoms with Gasteiger partial charge in [0.1, 0.15) is 0 Å². The Hall–Kier alpha value is -1.46. The molecular weight excluding hydrogens is 244 g/mol. The molecule has 5 heteroatoms. The number of nitro benzene ring substituents is 1. The highest BCUT2D eigenvalue weighted by molar-refractivity contribution is 5.32. The first-order chi connectivity index (χ1) is 9.25. The van der Waals surface area contributed by atoms with Gasteiger partial charge in [0.2, 0.25) is 0 Å². The lowest BCUT2D eigenvalue weighted by molar-refractivity contribution is -0.384. The molecule has 1 N–H and O–H groups in total. The smallest absolute Gasteiger partial charge is 0.269 e. The number of nitrogens with one attached hydrogen (secondary N) is 1. The van der Waals surface area contributed by atoms with Crippen LogP contribution in [-0.4, -0.2) is 31.2 Å². The first kappa shape index (κ1) is 14.0. The summed E-state index contributed by atoms with van der Waals surface area (Å²) in [5.74, 6) is 0.630. The summed E-state index contributed by atoms with van der Waals surface area (Å²) in [5, 5.41) is 14.0. The van der Waals surface area contributed by atoms with Crippen LogP contribution in [0.3, 0.4) is 0 Å². The Bertz CT molecular complexity index is 400. The molecule has 1 aliphatic heterocycles. The van der Waals surface area contributed by atoms with Crippen molar-refractivity contribution in [3.8, 4) is 0 Å². The highest BCUT2D eigenvalue weighted by Crippen LogP contribution is 2.13. The molecule has 1 aromatic rings. The molecule has 1 heterocycles. The number of hydrogen-bond donors (Lipinski definition) is 1. The zero-order chi connectivity index (χ0) is 13.5. The van der Waals surface area contributed by atoms with Crippen molar-refractivity contribution >= 4 is 5.69 Å². The van der Waals surface area contributed by atoms with E-state index in [1.54, 1.807) is 12.1 Å². The molecule has 0 spiro atoms. The van der Waals surface area contributed by atoms with E-state index in [1.165, 1.54) is 6.42 Å². The Morgan fingerprint density at radius 2 is 2.16 bits per heavy atom. The summed E-state index contributed by atoms with van der Waals surface area (Å²) in [6.07, 6.45) is 3.30. The summed E-state index contributed by atoms with van der Waals surface area (Å²) in [4.78, 5) is 10.2. The molecule has 5 nitrogen and oxygen atoms in total. The normalized spacial score (nSPS) is 19.3. The summed E-state index contributed by atoms with van der Waals surface area (Å²) in [5.41, 5.74) is 1.27. The molecule has 1 unspecified atom stereocenters. The standard InChI is InChI=1S/C14H20N2O3/c17-16(18)14-5-3-12(4-6-14)7-8-15-10-13-2-1-9-19-11-13/h3-6,13,15H,1-2,7-11H2. The van der Waals surface area contributed by atoms with Gasteiger partial charge in [0.15, 0.2) is 0 Å². The molecule has 0 aromatic heterocycles. The van der Waals surface area contributed by atoms with E-state index >= 15 is 0 Å². The molecule has 2 rings (SSSR count). The van der Waals surface area contributed by atoms with Gasteiger partial charge in [0.05, 0.1) is 11.5 Å². The van der Waals surface area contributed by atoms with E-state index in [-0.39, 0.29) is 10.6 Å². The highest BCUT2D eigenvalue weighted by atomic mass is 16.6. The van der Waals surface area contributed by atoms with Gasteiger partial charge in [-0.05, 0) is 37.3 Å². The third-order valence-electron chi connectivity index (χ3n) is 3.43. The number of non-ortho nitro benzene ring substituents is 1. The van der Waals surface area contributed by atoms with Gasteiger partial charge in [-0.25, -0.2) is 0 Å². The Kier molecular flexibility index (Phi) is 5.30. The van der Waals surface area contributed by atoms with Gasteiger partial charge in [-0.3, -0.25) is 10.1 Å². The number of nitrogens with zero attached hydrogens (tertiary/aromatic N) is 1. The molecule has 1 saturated heterocycles. The molecule has 1 atom stereocenters. The molecule has 0 saturated carbocycles. The van der Waals surface area contributed by atoms with Crippen molar-refractivity contribution in [1.29, 1.82) is 0 Å². The maximum atomic E-state index is 10.5. The summed E-state index contributed by atoms with van der Waals surface area (Å²) in [6, 6.07) is 6.77. The minimum Gasteiger partial charge on any atom is -0.381 e. The first-order valence-corrected chi connectivity index (χ1v) is 6.77. The van der Waals surface area contributed by atoms with Crippen molar-refractivity contribution < 1.29 is 9.66 Å². The SMILES string of the molecule is O=[N+]([O-])c1ccc(CCNCC2CCCOC2)cc1. The number of benzene rings is 1. The second kappa shape index (κ2) is 7.21. The van der Waals surface area contributed by atoms with E-state index in [9.17, 15) is 10.1 Å². The molecule has 0 radical (unpaired) electrons. The second-order valence-electron chi connectivity index (χ2n) is 4.96. The van der Waals surface area contributed by atoms with Crippen LogP contribution < -0.4 is 5.32 Å². The zero-order valence-electron chi connectivity index (χ0n) is 11.0. The topological polar surface area (TPSA) is 64.4 Å². The largest absolute Gasteiger partial charge is 0.381 e. The third-order valence-corrected chi connectivity index (χ3v) is 3.43. The van der Waals surface area contributed by atoms with Crippen LogP contribution in [0.2, 0.25) is 0 Å². The van der Waals surface area contributed by atoms with Gasteiger partial charge in [0, 0.05) is 25.3 Å². The number of rotatable bonds is 6. The second-order valence-corrected chi connectivity index (χ2v) is 4.96. The van der Waals surface area contributed by atoms with E-state index in [4.69, 9.17) is 4.74 Å². The van der Waals surface area contributed by atoms with Crippen LogP contribution >= 0.6 is 0 Å². The van der Waals surface area contributed by atoms with E-state index < -0.39 is 0 Å². The van der Waals surface area contributed by atoms with Gasteiger partial charge in [-0.1, -0.05) is 12.1 Å². The monoisotopic (exact) mass is 264 g/mol. The van der Waals surface area contributed by atoms with Gasteiger partial charge in [-0.2, -0.15) is 0 Å². The Labute approximate surface area is 113 Å². The van der Waals surface area contributed by atoms with Crippen molar-refractivity contribution in [1.82, 2.24) is 5.32 Å². The predicted molar refractivity (Wildman–Crippen MR) is 73.2 cm³/mol. The lowest BCUT2D eigenvalue weighted by Crippen LogP contribution is -2.30. The van der Waals surface area contributed by atoms with Crippen molar-refractivity contribution in [2.24, 2.45) is 5.92 Å². The lowest BCUT2D eigenvalue weighted by atomic mass is 10.0. The minimum atomic E-state index is -0.370. The maximum Gasteiger partial charge on any atom is 0.269 e. The number of hydrogen-bond acceptors (Lipinski definition) is 4. The van der Waals surface area contributed by atoms with E-state index in [1.807, 2.05) is 12.1 Å². The summed E-state index contributed by atoms with van der Waals surface area (Å²) >= 11 is 0. The summed E-state index contributed by atoms with van der Waals surface area (Å²) in [6.45, 7) is 3.66. The van der Waals surface area contributed by atoms with Crippen molar-refractivity contribution in [3.05, 3.63) is 39.9 Å². The van der Waals surface area contributed by atoms with Crippen LogP contribution in [0.5, 0.6) is 0 Å². The van der Waals surface area contributed by atoms with Crippen LogP contribution in [0, 0.1) is 16.0 Å². The Balaban J connectivity index is 1.66. The van der Waals surface area contributed by atoms with Crippen molar-refractivity contribution in [2.75, 3.05) is 26.3 Å². The number of nitro groups is 1. The zero-order valence-corrected chi connectivity index (χ0v) is 11.0. The van der Waals surface area contributed by atoms with Crippen LogP contribution in [-0.2, 0) is 11.2 Å². The molecule has 1 aliphatic rings. The molecule has 0 amide bonds. The number of ether oxygens (including phenoxy) is 1. The highest BCUT2D eigenvalue weighted by Gasteiger charge is 2.12. The predicted octanol–water partition coefficient (Wildman–Crippen LogP) is 2.15. The first-order valence-electron chi connectivity index (χ1n) is 6.77. The van der Waals surface area contributed by atoms with Crippen LogP contribution in [0.15, 0.2) is 24.3 Å². The quantitative estimate of drug-likeness (QED) is 0.486. The van der Waals surface area contributed by atoms with E-state index in [2.05, 4.69) is 5.32 Å². The fourth-order valence-corrected chi connectivity index (χ4v) is 2.29. The van der Waals surface area contributed by atoms with E-state index in [0.29, 0.717) is 5.92 Å². The Morgan fingerprint density at radius 3 is 2.79 bits per heavy atom. The van der Waals surface area contributed by atoms with Gasteiger partial charge in [0.25, 0.3) is 5.69 Å². The minimum absolute atomic E-state index is 0.149. The average molecular weight is 264 g/mol. The fourth-order valence-electron chi connectivity index (χ4n) is 2.29. The third kappa shape index (κ3) is 4.61. The van der Waals surface area contributed by atoms with Gasteiger partial charge < -0.3 is 10.1 Å². The average Bonchev–Trinajstić information content (AvgIpc) is 2.45. The molecule has 0 aliphatic carbocycles. The molecule has 104 valence electrons. The van der Waals surface area contributed by atoms with Crippen LogP contribution in [0.1, 0.15) is 18.4 Å². The molecule has 19 heavy (non-hydrogen) atoms. The summed E-state index contributed by atoms with van der Waals surface area (Å²) in [7, 11) is 0. The molecule has 0 bridgehead atoms. The molecular formula is C14H20N2O3. The van der Waals surface area contributed by atoms with Gasteiger partial charge in [-0.15, -0.1) is 0 Å². The maximum absolute atomic E-state index is 10.5. The van der Waals surface area contributed by atoms with Crippen molar-refractivity contribution in [3.63, 3.8) is 0 Å². The summed E-state index contributed by atoms with van der Waals surface area (Å²) < 4.78 is 5.43. The lowest BCUT2D eigenvalue weighted by Gasteiger charge is -2.22. The van der Waals surface area contributed by atoms with Gasteiger partial charge >= 0.3 is 0 Å². The van der Waals surface area contributed by atoms with Crippen LogP contribution in [0.25, 0.3) is 0 Å². The fraction of sp³-hybridized carbons (Fsp3) is 0.571. The molecule has 1 aromatic carbocycles. The van der Waals surface area contributed by atoms with Crippen LogP contribution in [0.4, 0.5) is 5.69 Å². The van der Waals surface area contributed by atoms with Crippen molar-refractivity contribution in [2.45, 2.75) is 19.3 Å². The molecule has 1 fully saturated rings.